The van der Waals surface area contributed by atoms with E-state index in [1.165, 1.54) is 18.2 Å². The second-order valence-corrected chi connectivity index (χ2v) is 7.32. The molecule has 1 heterocycles. The molecular weight excluding hydrogens is 359 g/mol. The number of aryl methyl sites for hydroxylation is 2. The maximum Gasteiger partial charge on any atom is 0.186 e. The van der Waals surface area contributed by atoms with Crippen molar-refractivity contribution in [1.29, 1.82) is 0 Å². The molecule has 1 aromatic heterocycles. The van der Waals surface area contributed by atoms with Gasteiger partial charge in [0.15, 0.2) is 9.84 Å². The summed E-state index contributed by atoms with van der Waals surface area (Å²) in [5.74, 6) is -1.01. The van der Waals surface area contributed by atoms with Gasteiger partial charge < -0.3 is 0 Å². The van der Waals surface area contributed by atoms with Crippen molar-refractivity contribution in [3.05, 3.63) is 45.9 Å². The number of sulfone groups is 1. The third-order valence-corrected chi connectivity index (χ3v) is 5.76. The van der Waals surface area contributed by atoms with Crippen LogP contribution in [0, 0.1) is 5.82 Å². The molecule has 0 saturated carbocycles. The number of nitrogens with zero attached hydrogens (tertiary/aromatic N) is 2. The topological polar surface area (TPSA) is 52.0 Å². The lowest BCUT2D eigenvalue weighted by molar-refractivity contribution is 0.562. The molecule has 21 heavy (non-hydrogen) atoms. The fourth-order valence-corrected chi connectivity index (χ4v) is 4.46. The molecule has 114 valence electrons. The summed E-state index contributed by atoms with van der Waals surface area (Å²) in [6, 6.07) is 5.41. The van der Waals surface area contributed by atoms with Gasteiger partial charge in [-0.1, -0.05) is 19.1 Å². The van der Waals surface area contributed by atoms with E-state index in [-0.39, 0.29) is 10.6 Å². The van der Waals surface area contributed by atoms with Gasteiger partial charge in [-0.3, -0.25) is 4.68 Å². The number of aromatic nitrogens is 2. The van der Waals surface area contributed by atoms with Crippen LogP contribution in [0.1, 0.15) is 25.2 Å². The van der Waals surface area contributed by atoms with E-state index in [1.54, 1.807) is 4.68 Å². The Morgan fingerprint density at radius 3 is 2.52 bits per heavy atom. The second kappa shape index (κ2) is 6.27. The summed E-state index contributed by atoms with van der Waals surface area (Å²) in [5.41, 5.74) is 1.35. The lowest BCUT2D eigenvalue weighted by Crippen LogP contribution is -2.12. The zero-order valence-electron chi connectivity index (χ0n) is 11.8. The maximum atomic E-state index is 13.7. The fourth-order valence-electron chi connectivity index (χ4n) is 2.11. The van der Waals surface area contributed by atoms with Crippen LogP contribution in [0.4, 0.5) is 4.39 Å². The minimum absolute atomic E-state index is 0.279. The van der Waals surface area contributed by atoms with Gasteiger partial charge in [0.25, 0.3) is 0 Å². The number of rotatable bonds is 5. The van der Waals surface area contributed by atoms with Gasteiger partial charge in [0.1, 0.15) is 10.7 Å². The van der Waals surface area contributed by atoms with E-state index >= 15 is 0 Å². The molecule has 0 fully saturated rings. The van der Waals surface area contributed by atoms with Crippen molar-refractivity contribution in [3.63, 3.8) is 0 Å². The highest BCUT2D eigenvalue weighted by Gasteiger charge is 2.24. The SMILES string of the molecule is CCc1nn(CC)c(CS(=O)(=O)c2ccccc2F)c1Br. The molecule has 2 aromatic rings. The van der Waals surface area contributed by atoms with E-state index in [1.807, 2.05) is 13.8 Å². The Labute approximate surface area is 132 Å². The van der Waals surface area contributed by atoms with Crippen LogP contribution in [0.5, 0.6) is 0 Å². The van der Waals surface area contributed by atoms with Crippen molar-refractivity contribution in [3.8, 4) is 0 Å². The van der Waals surface area contributed by atoms with Crippen LogP contribution in [0.25, 0.3) is 0 Å². The number of hydrogen-bond acceptors (Lipinski definition) is 3. The molecule has 0 amide bonds. The van der Waals surface area contributed by atoms with Crippen LogP contribution in [-0.4, -0.2) is 18.2 Å². The van der Waals surface area contributed by atoms with Crippen molar-refractivity contribution < 1.29 is 12.8 Å². The Morgan fingerprint density at radius 1 is 1.29 bits per heavy atom. The van der Waals surface area contributed by atoms with Crippen LogP contribution < -0.4 is 0 Å². The summed E-state index contributed by atoms with van der Waals surface area (Å²) in [6.45, 7) is 4.39. The highest BCUT2D eigenvalue weighted by molar-refractivity contribution is 9.10. The van der Waals surface area contributed by atoms with Crippen molar-refractivity contribution in [1.82, 2.24) is 9.78 Å². The zero-order valence-corrected chi connectivity index (χ0v) is 14.2. The minimum Gasteiger partial charge on any atom is -0.267 e. The Morgan fingerprint density at radius 2 is 1.95 bits per heavy atom. The molecule has 7 heteroatoms. The van der Waals surface area contributed by atoms with Crippen molar-refractivity contribution in [2.24, 2.45) is 0 Å². The van der Waals surface area contributed by atoms with Gasteiger partial charge in [0, 0.05) is 6.54 Å². The average Bonchev–Trinajstić information content (AvgIpc) is 2.75. The molecule has 0 aliphatic heterocycles. The predicted molar refractivity (Wildman–Crippen MR) is 82.3 cm³/mol. The molecule has 4 nitrogen and oxygen atoms in total. The molecule has 0 spiro atoms. The molecule has 0 saturated heterocycles. The third kappa shape index (κ3) is 3.18. The van der Waals surface area contributed by atoms with Crippen LogP contribution in [0.3, 0.4) is 0 Å². The first-order valence-corrected chi connectivity index (χ1v) is 9.06. The number of hydrogen-bond donors (Lipinski definition) is 0. The van der Waals surface area contributed by atoms with E-state index in [9.17, 15) is 12.8 Å². The molecular formula is C14H16BrFN2O2S. The number of benzene rings is 1. The summed E-state index contributed by atoms with van der Waals surface area (Å²) < 4.78 is 40.9. The number of halogens is 2. The Balaban J connectivity index is 2.47. The molecule has 0 aliphatic rings. The van der Waals surface area contributed by atoms with Gasteiger partial charge in [-0.15, -0.1) is 0 Å². The largest absolute Gasteiger partial charge is 0.267 e. The Kier molecular flexibility index (Phi) is 4.83. The van der Waals surface area contributed by atoms with Crippen molar-refractivity contribution in [2.75, 3.05) is 0 Å². The van der Waals surface area contributed by atoms with E-state index < -0.39 is 15.7 Å². The summed E-state index contributed by atoms with van der Waals surface area (Å²) in [5, 5.41) is 4.36. The Bertz CT molecular complexity index is 756. The third-order valence-electron chi connectivity index (χ3n) is 3.19. The molecule has 0 N–H and O–H groups in total. The quantitative estimate of drug-likeness (QED) is 0.806. The molecule has 0 bridgehead atoms. The first kappa shape index (κ1) is 16.2. The molecule has 2 rings (SSSR count). The lowest BCUT2D eigenvalue weighted by atomic mass is 10.3. The molecule has 0 unspecified atom stereocenters. The monoisotopic (exact) mass is 374 g/mol. The summed E-state index contributed by atoms with van der Waals surface area (Å²) in [4.78, 5) is -0.279. The van der Waals surface area contributed by atoms with Crippen molar-refractivity contribution in [2.45, 2.75) is 37.5 Å². The molecule has 0 aliphatic carbocycles. The smallest absolute Gasteiger partial charge is 0.186 e. The van der Waals surface area contributed by atoms with Gasteiger partial charge in [-0.05, 0) is 41.4 Å². The average molecular weight is 375 g/mol. The lowest BCUT2D eigenvalue weighted by Gasteiger charge is -2.08. The zero-order chi connectivity index (χ0) is 15.6. The van der Waals surface area contributed by atoms with E-state index in [0.717, 1.165) is 11.8 Å². The molecule has 0 atom stereocenters. The van der Waals surface area contributed by atoms with Gasteiger partial charge in [-0.25, -0.2) is 12.8 Å². The minimum atomic E-state index is -3.76. The predicted octanol–water partition coefficient (Wildman–Crippen LogP) is 3.34. The second-order valence-electron chi connectivity index (χ2n) is 4.57. The molecule has 0 radical (unpaired) electrons. The van der Waals surface area contributed by atoms with E-state index in [2.05, 4.69) is 21.0 Å². The van der Waals surface area contributed by atoms with E-state index in [4.69, 9.17) is 0 Å². The summed E-state index contributed by atoms with van der Waals surface area (Å²) >= 11 is 3.41. The highest BCUT2D eigenvalue weighted by Crippen LogP contribution is 2.27. The fraction of sp³-hybridized carbons (Fsp3) is 0.357. The van der Waals surface area contributed by atoms with Gasteiger partial charge in [-0.2, -0.15) is 5.10 Å². The standard InChI is InChI=1S/C14H16BrFN2O2S/c1-3-11-14(15)12(18(4-2)17-11)9-21(19,20)13-8-6-5-7-10(13)16/h5-8H,3-4,9H2,1-2H3. The van der Waals surface area contributed by atoms with Crippen LogP contribution in [0.2, 0.25) is 0 Å². The van der Waals surface area contributed by atoms with Crippen LogP contribution in [0.15, 0.2) is 33.6 Å². The normalized spacial score (nSPS) is 11.8. The van der Waals surface area contributed by atoms with Gasteiger partial charge in [0.2, 0.25) is 0 Å². The highest BCUT2D eigenvalue weighted by atomic mass is 79.9. The van der Waals surface area contributed by atoms with Crippen LogP contribution >= 0.6 is 15.9 Å². The summed E-state index contributed by atoms with van der Waals surface area (Å²) in [7, 11) is -3.76. The molecule has 1 aromatic carbocycles. The summed E-state index contributed by atoms with van der Waals surface area (Å²) in [6.07, 6.45) is 0.695. The first-order valence-electron chi connectivity index (χ1n) is 6.62. The first-order chi connectivity index (χ1) is 9.90. The van der Waals surface area contributed by atoms with E-state index in [0.29, 0.717) is 23.1 Å². The maximum absolute atomic E-state index is 13.7. The van der Waals surface area contributed by atoms with Gasteiger partial charge >= 0.3 is 0 Å². The Hall–Kier alpha value is -1.21. The van der Waals surface area contributed by atoms with Gasteiger partial charge in [0.05, 0.1) is 21.6 Å². The van der Waals surface area contributed by atoms with Crippen LogP contribution in [-0.2, 0) is 28.6 Å². The van der Waals surface area contributed by atoms with Crippen molar-refractivity contribution >= 4 is 25.8 Å².